The fourth-order valence-corrected chi connectivity index (χ4v) is 4.04. The van der Waals surface area contributed by atoms with Crippen LogP contribution in [0.5, 0.6) is 0 Å². The molecule has 1 unspecified atom stereocenters. The van der Waals surface area contributed by atoms with Gasteiger partial charge in [-0.3, -0.25) is 9.88 Å². The van der Waals surface area contributed by atoms with Gasteiger partial charge in [0.05, 0.1) is 0 Å². The zero-order valence-corrected chi connectivity index (χ0v) is 13.0. The molecule has 4 heteroatoms. The number of aromatic nitrogens is 1. The van der Waals surface area contributed by atoms with E-state index in [1.54, 1.807) is 0 Å². The van der Waals surface area contributed by atoms with Gasteiger partial charge in [-0.25, -0.2) is 0 Å². The third-order valence-electron chi connectivity index (χ3n) is 4.47. The first-order valence-corrected chi connectivity index (χ1v) is 8.08. The van der Waals surface area contributed by atoms with E-state index in [4.69, 9.17) is 0 Å². The Balaban J connectivity index is 1.65. The summed E-state index contributed by atoms with van der Waals surface area (Å²) in [6.07, 6.45) is 9.31. The SMILES string of the molecule is Brc1cncc(CN2CCCC3(CCCNC3)C2)c1. The molecule has 0 bridgehead atoms. The molecule has 2 saturated heterocycles. The fraction of sp³-hybridized carbons (Fsp3) is 0.667. The second kappa shape index (κ2) is 5.90. The summed E-state index contributed by atoms with van der Waals surface area (Å²) in [6.45, 7) is 5.92. The molecule has 0 aliphatic carbocycles. The van der Waals surface area contributed by atoms with E-state index in [9.17, 15) is 0 Å². The summed E-state index contributed by atoms with van der Waals surface area (Å²) in [6, 6.07) is 2.19. The Bertz CT molecular complexity index is 424. The van der Waals surface area contributed by atoms with Crippen LogP contribution < -0.4 is 5.32 Å². The number of piperidine rings is 2. The van der Waals surface area contributed by atoms with Crippen molar-refractivity contribution in [3.05, 3.63) is 28.5 Å². The summed E-state index contributed by atoms with van der Waals surface area (Å²) >= 11 is 3.51. The van der Waals surface area contributed by atoms with E-state index in [-0.39, 0.29) is 0 Å². The fourth-order valence-electron chi connectivity index (χ4n) is 3.62. The lowest BCUT2D eigenvalue weighted by molar-refractivity contribution is 0.0600. The van der Waals surface area contributed by atoms with E-state index in [0.717, 1.165) is 11.0 Å². The van der Waals surface area contributed by atoms with Crippen molar-refractivity contribution >= 4 is 15.9 Å². The average molecular weight is 324 g/mol. The number of pyridine rings is 1. The number of nitrogens with zero attached hydrogens (tertiary/aromatic N) is 2. The molecule has 19 heavy (non-hydrogen) atoms. The summed E-state index contributed by atoms with van der Waals surface area (Å²) in [7, 11) is 0. The van der Waals surface area contributed by atoms with Crippen LogP contribution in [0.4, 0.5) is 0 Å². The van der Waals surface area contributed by atoms with Gasteiger partial charge in [-0.2, -0.15) is 0 Å². The monoisotopic (exact) mass is 323 g/mol. The van der Waals surface area contributed by atoms with Crippen LogP contribution in [0, 0.1) is 5.41 Å². The Morgan fingerprint density at radius 2 is 2.21 bits per heavy atom. The van der Waals surface area contributed by atoms with Gasteiger partial charge < -0.3 is 5.32 Å². The summed E-state index contributed by atoms with van der Waals surface area (Å²) in [5.74, 6) is 0. The second-order valence-corrected chi connectivity index (χ2v) is 7.02. The van der Waals surface area contributed by atoms with Gasteiger partial charge in [-0.05, 0) is 71.7 Å². The smallest absolute Gasteiger partial charge is 0.0410 e. The third-order valence-corrected chi connectivity index (χ3v) is 4.90. The van der Waals surface area contributed by atoms with Gasteiger partial charge in [0.1, 0.15) is 0 Å². The predicted octanol–water partition coefficient (Wildman–Crippen LogP) is 2.81. The molecule has 1 aromatic heterocycles. The Hall–Kier alpha value is -0.450. The Morgan fingerprint density at radius 3 is 3.00 bits per heavy atom. The van der Waals surface area contributed by atoms with E-state index >= 15 is 0 Å². The molecule has 0 radical (unpaired) electrons. The molecule has 3 nitrogen and oxygen atoms in total. The molecule has 2 aliphatic heterocycles. The van der Waals surface area contributed by atoms with E-state index in [2.05, 4.69) is 37.2 Å². The quantitative estimate of drug-likeness (QED) is 0.907. The van der Waals surface area contributed by atoms with Crippen molar-refractivity contribution in [3.8, 4) is 0 Å². The van der Waals surface area contributed by atoms with Crippen molar-refractivity contribution < 1.29 is 0 Å². The minimum absolute atomic E-state index is 0.538. The first-order chi connectivity index (χ1) is 9.26. The van der Waals surface area contributed by atoms with Gasteiger partial charge in [0.15, 0.2) is 0 Å². The van der Waals surface area contributed by atoms with Crippen molar-refractivity contribution in [2.45, 2.75) is 32.2 Å². The van der Waals surface area contributed by atoms with Crippen molar-refractivity contribution in [1.82, 2.24) is 15.2 Å². The normalized spacial score (nSPS) is 28.7. The van der Waals surface area contributed by atoms with Crippen molar-refractivity contribution in [1.29, 1.82) is 0 Å². The maximum Gasteiger partial charge on any atom is 0.0410 e. The molecule has 0 saturated carbocycles. The van der Waals surface area contributed by atoms with Crippen molar-refractivity contribution in [2.75, 3.05) is 26.2 Å². The summed E-state index contributed by atoms with van der Waals surface area (Å²) in [5, 5.41) is 3.59. The van der Waals surface area contributed by atoms with Crippen LogP contribution in [0.1, 0.15) is 31.2 Å². The van der Waals surface area contributed by atoms with E-state index in [1.165, 1.54) is 57.4 Å². The summed E-state index contributed by atoms with van der Waals surface area (Å²) < 4.78 is 1.08. The number of hydrogen-bond acceptors (Lipinski definition) is 3. The van der Waals surface area contributed by atoms with Gasteiger partial charge in [0.2, 0.25) is 0 Å². The number of rotatable bonds is 2. The summed E-state index contributed by atoms with van der Waals surface area (Å²) in [4.78, 5) is 6.88. The molecule has 1 spiro atoms. The topological polar surface area (TPSA) is 28.2 Å². The largest absolute Gasteiger partial charge is 0.316 e. The van der Waals surface area contributed by atoms with Crippen molar-refractivity contribution in [3.63, 3.8) is 0 Å². The zero-order chi connectivity index (χ0) is 13.1. The van der Waals surface area contributed by atoms with E-state index < -0.39 is 0 Å². The van der Waals surface area contributed by atoms with Gasteiger partial charge in [-0.1, -0.05) is 0 Å². The van der Waals surface area contributed by atoms with Crippen LogP contribution in [0.15, 0.2) is 22.9 Å². The van der Waals surface area contributed by atoms with Crippen LogP contribution in [0.2, 0.25) is 0 Å². The van der Waals surface area contributed by atoms with Crippen LogP contribution >= 0.6 is 15.9 Å². The lowest BCUT2D eigenvalue weighted by atomic mass is 9.74. The van der Waals surface area contributed by atoms with E-state index in [0.29, 0.717) is 5.41 Å². The zero-order valence-electron chi connectivity index (χ0n) is 11.4. The second-order valence-electron chi connectivity index (χ2n) is 6.11. The van der Waals surface area contributed by atoms with Crippen LogP contribution in [0.3, 0.4) is 0 Å². The third kappa shape index (κ3) is 3.36. The Morgan fingerprint density at radius 1 is 1.32 bits per heavy atom. The maximum absolute atomic E-state index is 4.27. The standard InChI is InChI=1S/C15H22BrN3/c16-14-7-13(8-18-9-14)10-19-6-2-4-15(12-19)3-1-5-17-11-15/h7-9,17H,1-6,10-12H2. The molecule has 0 aromatic carbocycles. The molecule has 104 valence electrons. The van der Waals surface area contributed by atoms with E-state index in [1.807, 2.05) is 12.4 Å². The molecule has 2 aliphatic rings. The lowest BCUT2D eigenvalue weighted by Crippen LogP contribution is -2.50. The maximum atomic E-state index is 4.27. The number of nitrogens with one attached hydrogen (secondary N) is 1. The van der Waals surface area contributed by atoms with Crippen LogP contribution in [0.25, 0.3) is 0 Å². The van der Waals surface area contributed by atoms with Crippen LogP contribution in [-0.4, -0.2) is 36.1 Å². The molecular weight excluding hydrogens is 302 g/mol. The number of hydrogen-bond donors (Lipinski definition) is 1. The van der Waals surface area contributed by atoms with Crippen molar-refractivity contribution in [2.24, 2.45) is 5.41 Å². The molecule has 1 atom stereocenters. The van der Waals surface area contributed by atoms with Gasteiger partial charge in [0.25, 0.3) is 0 Å². The minimum Gasteiger partial charge on any atom is -0.316 e. The average Bonchev–Trinajstić information content (AvgIpc) is 2.40. The van der Waals surface area contributed by atoms with Gasteiger partial charge in [-0.15, -0.1) is 0 Å². The molecule has 0 amide bonds. The van der Waals surface area contributed by atoms with Gasteiger partial charge >= 0.3 is 0 Å². The lowest BCUT2D eigenvalue weighted by Gasteiger charge is -2.45. The molecule has 3 rings (SSSR count). The molecule has 1 aromatic rings. The number of likely N-dealkylation sites (tertiary alicyclic amines) is 1. The highest BCUT2D eigenvalue weighted by atomic mass is 79.9. The van der Waals surface area contributed by atoms with Crippen LogP contribution in [-0.2, 0) is 6.54 Å². The molecule has 3 heterocycles. The Kier molecular flexibility index (Phi) is 4.20. The molecule has 1 N–H and O–H groups in total. The first-order valence-electron chi connectivity index (χ1n) is 7.28. The molecular formula is C15H22BrN3. The summed E-state index contributed by atoms with van der Waals surface area (Å²) in [5.41, 5.74) is 1.85. The predicted molar refractivity (Wildman–Crippen MR) is 81.0 cm³/mol. The number of halogens is 1. The van der Waals surface area contributed by atoms with Gasteiger partial charge in [0, 0.05) is 36.5 Å². The first kappa shape index (κ1) is 13.5. The highest BCUT2D eigenvalue weighted by Crippen LogP contribution is 2.36. The Labute approximate surface area is 123 Å². The minimum atomic E-state index is 0.538. The highest BCUT2D eigenvalue weighted by Gasteiger charge is 2.36. The molecule has 2 fully saturated rings. The highest BCUT2D eigenvalue weighted by molar-refractivity contribution is 9.10.